The number of hydrogen-bond donors (Lipinski definition) is 0. The standard InChI is InChI=1S/C38H39ClN8O8S.C32H30ClN7O6S/c1-22(53-38(51)55-26-10-6-3-7-11-26)52-36(49)32-16-23(20-56-32)31-19-40-35(47(31)37(50)54-25-8-4-2-5-9-25)30-14-15-33-42-28(18-34(48)46(30)33)27-17-24(39)12-13-29(27)45-21-41-43-44-45;1-18(45-32(43)46-22-5-3-2-4-6-22)44-31(42)28-12-20(16-47-28)19-11-25(34-15-19)27-9-10-29-36-24(14-30(41)40(27)29)23-13-21(33)7-8-26(23)39-17-35-37-38-39/h12-13,16-22,25-26,30H,2-11,14-15H2,1H3;7-8,12-18,22,27H,2-6,9-11H2,1H3/t22?,30-;18?,27-/m00/s1. The molecule has 6 aliphatic rings. The summed E-state index contributed by atoms with van der Waals surface area (Å²) >= 11 is 15.0. The molecule has 0 bridgehead atoms. The summed E-state index contributed by atoms with van der Waals surface area (Å²) in [6.45, 7) is 2.92. The zero-order chi connectivity index (χ0) is 71.3. The number of ether oxygens (including phenoxy) is 7. The van der Waals surface area contributed by atoms with E-state index in [9.17, 15) is 33.6 Å². The Labute approximate surface area is 605 Å². The summed E-state index contributed by atoms with van der Waals surface area (Å²) < 4.78 is 45.5. The van der Waals surface area contributed by atoms with Crippen LogP contribution in [0.2, 0.25) is 10.0 Å². The summed E-state index contributed by atoms with van der Waals surface area (Å²) in [6.07, 6.45) is 17.7. The van der Waals surface area contributed by atoms with Crippen molar-refractivity contribution in [2.45, 2.75) is 185 Å². The third-order valence-corrected chi connectivity index (χ3v) is 21.1. The van der Waals surface area contributed by atoms with Gasteiger partial charge >= 0.3 is 30.3 Å². The lowest BCUT2D eigenvalue weighted by Crippen LogP contribution is -2.30. The van der Waals surface area contributed by atoms with Crippen LogP contribution in [-0.4, -0.2) is 136 Å². The normalized spacial score (nSPS) is 18.1. The molecule has 15 rings (SSSR count). The van der Waals surface area contributed by atoms with Crippen LogP contribution in [0.25, 0.3) is 50.7 Å². The highest BCUT2D eigenvalue weighted by Crippen LogP contribution is 2.39. The van der Waals surface area contributed by atoms with Crippen molar-refractivity contribution in [1.29, 1.82) is 0 Å². The van der Waals surface area contributed by atoms with Gasteiger partial charge in [0.2, 0.25) is 12.6 Å². The minimum absolute atomic E-state index is 0.151. The number of imidazole rings is 1. The van der Waals surface area contributed by atoms with Gasteiger partial charge < -0.3 is 33.2 Å². The molecule has 3 fully saturated rings. The second kappa shape index (κ2) is 31.2. The molecule has 4 atom stereocenters. The molecule has 7 aromatic heterocycles. The van der Waals surface area contributed by atoms with Crippen LogP contribution in [0.15, 0.2) is 111 Å². The monoisotopic (exact) mass is 1480 g/mol. The highest BCUT2D eigenvalue weighted by atomic mass is 35.5. The first-order chi connectivity index (χ1) is 50.0. The molecule has 0 radical (unpaired) electrons. The Morgan fingerprint density at radius 3 is 1.53 bits per heavy atom. The summed E-state index contributed by atoms with van der Waals surface area (Å²) in [4.78, 5) is 112. The second-order valence-corrected chi connectivity index (χ2v) is 28.4. The molecule has 33 heteroatoms. The number of rotatable bonds is 17. The second-order valence-electron chi connectivity index (χ2n) is 25.7. The number of carbonyl (C=O) groups is 5. The summed E-state index contributed by atoms with van der Waals surface area (Å²) in [6, 6.07) is 15.8. The lowest BCUT2D eigenvalue weighted by molar-refractivity contribution is -0.0928. The van der Waals surface area contributed by atoms with Gasteiger partial charge in [-0.3, -0.25) is 23.7 Å². The van der Waals surface area contributed by atoms with Crippen LogP contribution in [-0.2, 0) is 46.0 Å². The SMILES string of the molecule is CC(OC(=O)OC1CCCCC1)OC(=O)c1cc(-c2cnc([C@@H]3CCc4nc(-c5cc(Cl)ccc5-n5cnnn5)cc(=O)n43)n2C(=O)OC2CCCCC2)cs1.CC(OC(=O)OC1CCCCC1)OC(=O)c1cc(C2=CN=C([C@@H]3CCc4nc(-c5cc(Cl)ccc5-n5cnnn5)cc(=O)n43)C2)cs1. The fraction of sp³-hybridized carbons (Fsp3) is 0.414. The van der Waals surface area contributed by atoms with Crippen LogP contribution < -0.4 is 11.1 Å². The number of thiophene rings is 2. The smallest absolute Gasteiger partial charge is 0.446 e. The van der Waals surface area contributed by atoms with Gasteiger partial charge in [0.25, 0.3) is 11.1 Å². The molecule has 0 N–H and O–H groups in total. The first-order valence-corrected chi connectivity index (χ1v) is 36.8. The molecular weight excluding hydrogens is 1410 g/mol. The summed E-state index contributed by atoms with van der Waals surface area (Å²) in [5, 5.41) is 27.4. The zero-order valence-electron chi connectivity index (χ0n) is 55.9. The fourth-order valence-electron chi connectivity index (χ4n) is 13.9. The molecule has 0 spiro atoms. The van der Waals surface area contributed by atoms with E-state index in [1.165, 1.54) is 70.1 Å². The van der Waals surface area contributed by atoms with E-state index >= 15 is 0 Å². The number of aromatic nitrogens is 14. The van der Waals surface area contributed by atoms with Gasteiger partial charge in [-0.2, -0.15) is 9.36 Å². The maximum atomic E-state index is 14.1. The van der Waals surface area contributed by atoms with Crippen LogP contribution in [0.5, 0.6) is 0 Å². The molecular formula is C70H69Cl2N15O14S2. The van der Waals surface area contributed by atoms with Crippen molar-refractivity contribution in [3.8, 4) is 45.1 Å². The number of nitrogens with zero attached hydrogens (tertiary/aromatic N) is 15. The van der Waals surface area contributed by atoms with Crippen LogP contribution in [0.1, 0.15) is 184 Å². The van der Waals surface area contributed by atoms with E-state index in [0.717, 1.165) is 124 Å². The van der Waals surface area contributed by atoms with Gasteiger partial charge in [-0.15, -0.1) is 32.9 Å². The Kier molecular flexibility index (Phi) is 21.2. The third-order valence-electron chi connectivity index (χ3n) is 18.8. The van der Waals surface area contributed by atoms with Crippen molar-refractivity contribution in [2.75, 3.05) is 0 Å². The van der Waals surface area contributed by atoms with Crippen LogP contribution in [0.4, 0.5) is 14.4 Å². The minimum atomic E-state index is -1.19. The zero-order valence-corrected chi connectivity index (χ0v) is 59.1. The summed E-state index contributed by atoms with van der Waals surface area (Å²) in [7, 11) is 0. The van der Waals surface area contributed by atoms with Gasteiger partial charge in [-0.25, -0.2) is 43.5 Å². The number of fused-ring (bicyclic) bond motifs is 2. The van der Waals surface area contributed by atoms with E-state index in [1.54, 1.807) is 69.2 Å². The molecule has 103 heavy (non-hydrogen) atoms. The van der Waals surface area contributed by atoms with E-state index < -0.39 is 49.0 Å². The first-order valence-electron chi connectivity index (χ1n) is 34.2. The number of hydrogen-bond acceptors (Lipinski definition) is 26. The highest BCUT2D eigenvalue weighted by molar-refractivity contribution is 7.12. The molecule has 534 valence electrons. The van der Waals surface area contributed by atoms with Crippen molar-refractivity contribution < 1.29 is 57.1 Å². The minimum Gasteiger partial charge on any atom is -0.446 e. The maximum absolute atomic E-state index is 14.1. The number of halogens is 2. The van der Waals surface area contributed by atoms with Gasteiger partial charge in [-0.05, 0) is 176 Å². The van der Waals surface area contributed by atoms with Crippen molar-refractivity contribution >= 4 is 87.5 Å². The van der Waals surface area contributed by atoms with Crippen LogP contribution >= 0.6 is 45.9 Å². The number of esters is 2. The Morgan fingerprint density at radius 2 is 1.03 bits per heavy atom. The Bertz CT molecular complexity index is 4840. The fourth-order valence-corrected chi connectivity index (χ4v) is 15.9. The van der Waals surface area contributed by atoms with E-state index in [2.05, 4.69) is 36.0 Å². The molecule has 2 unspecified atom stereocenters. The van der Waals surface area contributed by atoms with Gasteiger partial charge in [0.15, 0.2) is 0 Å². The lowest BCUT2D eigenvalue weighted by Gasteiger charge is -2.23. The van der Waals surface area contributed by atoms with Gasteiger partial charge in [0.05, 0.1) is 46.7 Å². The Balaban J connectivity index is 0.000000177. The molecule has 3 saturated carbocycles. The summed E-state index contributed by atoms with van der Waals surface area (Å²) in [5.74, 6) is 0.172. The van der Waals surface area contributed by atoms with Gasteiger partial charge in [-0.1, -0.05) is 42.5 Å². The lowest BCUT2D eigenvalue weighted by atomic mass is 9.98. The van der Waals surface area contributed by atoms with E-state index in [-0.39, 0.29) is 40.3 Å². The number of tetrazole rings is 2. The van der Waals surface area contributed by atoms with Crippen molar-refractivity contribution in [3.05, 3.63) is 160 Å². The maximum Gasteiger partial charge on any atom is 0.511 e. The summed E-state index contributed by atoms with van der Waals surface area (Å²) in [5.41, 5.74) is 6.31. The molecule has 29 nitrogen and oxygen atoms in total. The van der Waals surface area contributed by atoms with E-state index in [1.807, 2.05) is 5.38 Å². The number of aliphatic imine (C=N–C) groups is 1. The molecule has 0 saturated heterocycles. The van der Waals surface area contributed by atoms with E-state index in [4.69, 9.17) is 71.3 Å². The highest BCUT2D eigenvalue weighted by Gasteiger charge is 2.37. The molecule has 0 amide bonds. The number of allylic oxidation sites excluding steroid dienone is 1. The van der Waals surface area contributed by atoms with Crippen molar-refractivity contribution in [1.82, 2.24) is 69.1 Å². The molecule has 2 aromatic carbocycles. The quantitative estimate of drug-likeness (QED) is 0.0464. The number of benzene rings is 2. The predicted octanol–water partition coefficient (Wildman–Crippen LogP) is 13.3. The first kappa shape index (κ1) is 70.0. The van der Waals surface area contributed by atoms with Gasteiger partial charge in [0, 0.05) is 89.3 Å². The molecule has 10 heterocycles. The topological polar surface area (TPSA) is 337 Å². The Hall–Kier alpha value is -10.1. The van der Waals surface area contributed by atoms with Crippen molar-refractivity contribution in [2.24, 2.45) is 4.99 Å². The van der Waals surface area contributed by atoms with Gasteiger partial charge in [0.1, 0.15) is 58.2 Å². The average Bonchev–Trinajstić information content (AvgIpc) is 1.63. The number of carbonyl (C=O) groups excluding carboxylic acids is 5. The van der Waals surface area contributed by atoms with Crippen molar-refractivity contribution in [3.63, 3.8) is 0 Å². The van der Waals surface area contributed by atoms with E-state index in [0.29, 0.717) is 110 Å². The Morgan fingerprint density at radius 1 is 0.553 bits per heavy atom. The predicted molar refractivity (Wildman–Crippen MR) is 374 cm³/mol. The van der Waals surface area contributed by atoms with Crippen LogP contribution in [0, 0.1) is 0 Å². The average molecular weight is 1480 g/mol. The molecule has 3 aliphatic heterocycles. The molecule has 9 aromatic rings. The third kappa shape index (κ3) is 15.9. The molecule has 3 aliphatic carbocycles. The van der Waals surface area contributed by atoms with Crippen LogP contribution in [0.3, 0.4) is 0 Å². The largest absolute Gasteiger partial charge is 0.511 e. The number of aryl methyl sites for hydroxylation is 2.